The number of rotatable bonds is 3. The van der Waals surface area contributed by atoms with E-state index in [2.05, 4.69) is 26.8 Å². The molecule has 1 aromatic heterocycles. The molecule has 0 aromatic carbocycles. The van der Waals surface area contributed by atoms with Crippen molar-refractivity contribution in [1.82, 2.24) is 24.7 Å². The molecule has 106 valence electrons. The Labute approximate surface area is 114 Å². The maximum Gasteiger partial charge on any atom is 0.227 e. The van der Waals surface area contributed by atoms with Gasteiger partial charge in [0.15, 0.2) is 0 Å². The van der Waals surface area contributed by atoms with Crippen LogP contribution < -0.4 is 0 Å². The molecule has 0 saturated carbocycles. The van der Waals surface area contributed by atoms with Crippen LogP contribution >= 0.6 is 0 Å². The summed E-state index contributed by atoms with van der Waals surface area (Å²) in [6, 6.07) is 0. The van der Waals surface area contributed by atoms with Crippen molar-refractivity contribution in [2.45, 2.75) is 6.54 Å². The standard InChI is InChI=1S/C13H23N5O/c1-16(2)13(19)11-8-17(3)6-7-18(9-11)10-12-14-4-5-15-12/h4-5,11H,6-10H2,1-3H3,(H,14,15)/t11-/m1/s1. The van der Waals surface area contributed by atoms with Crippen LogP contribution in [0.5, 0.6) is 0 Å². The Hall–Kier alpha value is -1.40. The lowest BCUT2D eigenvalue weighted by Gasteiger charge is -2.24. The molecule has 1 aliphatic heterocycles. The van der Waals surface area contributed by atoms with E-state index in [1.165, 1.54) is 0 Å². The number of likely N-dealkylation sites (N-methyl/N-ethyl adjacent to an activating group) is 1. The number of hydrogen-bond donors (Lipinski definition) is 1. The molecule has 0 spiro atoms. The third kappa shape index (κ3) is 3.78. The van der Waals surface area contributed by atoms with Crippen LogP contribution in [-0.4, -0.2) is 77.9 Å². The van der Waals surface area contributed by atoms with Gasteiger partial charge in [-0.2, -0.15) is 0 Å². The van der Waals surface area contributed by atoms with Crippen molar-refractivity contribution < 1.29 is 4.79 Å². The molecule has 0 radical (unpaired) electrons. The Morgan fingerprint density at radius 2 is 2.26 bits per heavy atom. The highest BCUT2D eigenvalue weighted by atomic mass is 16.2. The van der Waals surface area contributed by atoms with Gasteiger partial charge in [0, 0.05) is 52.7 Å². The molecule has 1 amide bonds. The Kier molecular flexibility index (Phi) is 4.55. The molecule has 1 fully saturated rings. The van der Waals surface area contributed by atoms with Crippen molar-refractivity contribution in [3.63, 3.8) is 0 Å². The summed E-state index contributed by atoms with van der Waals surface area (Å²) in [7, 11) is 5.72. The van der Waals surface area contributed by atoms with Crippen molar-refractivity contribution in [2.24, 2.45) is 5.92 Å². The monoisotopic (exact) mass is 265 g/mol. The number of aromatic nitrogens is 2. The summed E-state index contributed by atoms with van der Waals surface area (Å²) in [5.41, 5.74) is 0. The minimum Gasteiger partial charge on any atom is -0.348 e. The summed E-state index contributed by atoms with van der Waals surface area (Å²) >= 11 is 0. The highest BCUT2D eigenvalue weighted by Gasteiger charge is 2.27. The van der Waals surface area contributed by atoms with Crippen molar-refractivity contribution in [1.29, 1.82) is 0 Å². The van der Waals surface area contributed by atoms with Gasteiger partial charge in [-0.3, -0.25) is 9.69 Å². The fourth-order valence-corrected chi connectivity index (χ4v) is 2.50. The first-order chi connectivity index (χ1) is 9.06. The summed E-state index contributed by atoms with van der Waals surface area (Å²) in [5, 5.41) is 0. The number of aromatic amines is 1. The van der Waals surface area contributed by atoms with Crippen LogP contribution in [0.15, 0.2) is 12.4 Å². The zero-order valence-electron chi connectivity index (χ0n) is 12.0. The summed E-state index contributed by atoms with van der Waals surface area (Å²) in [6.07, 6.45) is 3.60. The summed E-state index contributed by atoms with van der Waals surface area (Å²) < 4.78 is 0. The SMILES string of the molecule is CN1CCN(Cc2ncc[nH]2)C[C@H](C(=O)N(C)C)C1. The first-order valence-corrected chi connectivity index (χ1v) is 6.66. The Morgan fingerprint density at radius 1 is 1.47 bits per heavy atom. The number of carbonyl (C=O) groups is 1. The molecule has 0 bridgehead atoms. The van der Waals surface area contributed by atoms with Gasteiger partial charge in [-0.1, -0.05) is 0 Å². The molecule has 6 nitrogen and oxygen atoms in total. The van der Waals surface area contributed by atoms with E-state index in [0.29, 0.717) is 0 Å². The zero-order valence-corrected chi connectivity index (χ0v) is 12.0. The quantitative estimate of drug-likeness (QED) is 0.826. The van der Waals surface area contributed by atoms with Gasteiger partial charge in [0.1, 0.15) is 5.82 Å². The van der Waals surface area contributed by atoms with Crippen LogP contribution in [-0.2, 0) is 11.3 Å². The van der Waals surface area contributed by atoms with E-state index in [9.17, 15) is 4.79 Å². The van der Waals surface area contributed by atoms with E-state index in [1.54, 1.807) is 11.1 Å². The number of carbonyl (C=O) groups excluding carboxylic acids is 1. The largest absolute Gasteiger partial charge is 0.348 e. The summed E-state index contributed by atoms with van der Waals surface area (Å²) in [6.45, 7) is 4.35. The molecular weight excluding hydrogens is 242 g/mol. The minimum atomic E-state index is 0.0393. The first kappa shape index (κ1) is 14.0. The van der Waals surface area contributed by atoms with Crippen molar-refractivity contribution in [3.8, 4) is 0 Å². The molecule has 0 unspecified atom stereocenters. The van der Waals surface area contributed by atoms with E-state index in [4.69, 9.17) is 0 Å². The normalized spacial score (nSPS) is 22.2. The molecule has 0 aliphatic carbocycles. The van der Waals surface area contributed by atoms with Crippen molar-refractivity contribution in [3.05, 3.63) is 18.2 Å². The molecule has 19 heavy (non-hydrogen) atoms. The van der Waals surface area contributed by atoms with Gasteiger partial charge < -0.3 is 14.8 Å². The highest BCUT2D eigenvalue weighted by Crippen LogP contribution is 2.12. The van der Waals surface area contributed by atoms with Gasteiger partial charge in [-0.25, -0.2) is 4.98 Å². The third-order valence-electron chi connectivity index (χ3n) is 3.53. The van der Waals surface area contributed by atoms with E-state index >= 15 is 0 Å². The molecule has 1 atom stereocenters. The van der Waals surface area contributed by atoms with E-state index in [1.807, 2.05) is 20.3 Å². The fourth-order valence-electron chi connectivity index (χ4n) is 2.50. The fraction of sp³-hybridized carbons (Fsp3) is 0.692. The molecule has 6 heteroatoms. The predicted octanol–water partition coefficient (Wildman–Crippen LogP) is -0.138. The molecule has 1 saturated heterocycles. The Morgan fingerprint density at radius 3 is 2.89 bits per heavy atom. The average molecular weight is 265 g/mol. The predicted molar refractivity (Wildman–Crippen MR) is 73.5 cm³/mol. The van der Waals surface area contributed by atoms with Crippen LogP contribution in [0.4, 0.5) is 0 Å². The van der Waals surface area contributed by atoms with Crippen molar-refractivity contribution in [2.75, 3.05) is 47.3 Å². The van der Waals surface area contributed by atoms with Gasteiger partial charge >= 0.3 is 0 Å². The average Bonchev–Trinajstić information content (AvgIpc) is 2.79. The number of nitrogens with zero attached hydrogens (tertiary/aromatic N) is 4. The number of imidazole rings is 1. The lowest BCUT2D eigenvalue weighted by molar-refractivity contribution is -0.133. The molecular formula is C13H23N5O. The van der Waals surface area contributed by atoms with Gasteiger partial charge in [0.2, 0.25) is 5.91 Å². The van der Waals surface area contributed by atoms with Gasteiger partial charge in [0.25, 0.3) is 0 Å². The van der Waals surface area contributed by atoms with Crippen molar-refractivity contribution >= 4 is 5.91 Å². The minimum absolute atomic E-state index is 0.0393. The second-order valence-electron chi connectivity index (χ2n) is 5.46. The smallest absolute Gasteiger partial charge is 0.227 e. The maximum atomic E-state index is 12.2. The van der Waals surface area contributed by atoms with Gasteiger partial charge in [-0.15, -0.1) is 0 Å². The second-order valence-corrected chi connectivity index (χ2v) is 5.46. The number of nitrogens with one attached hydrogen (secondary N) is 1. The van der Waals surface area contributed by atoms with Crippen LogP contribution in [0.3, 0.4) is 0 Å². The first-order valence-electron chi connectivity index (χ1n) is 6.66. The molecule has 2 rings (SSSR count). The second kappa shape index (κ2) is 6.16. The zero-order chi connectivity index (χ0) is 13.8. The van der Waals surface area contributed by atoms with E-state index in [0.717, 1.165) is 38.5 Å². The Bertz CT molecular complexity index is 403. The van der Waals surface area contributed by atoms with Crippen LogP contribution in [0.25, 0.3) is 0 Å². The third-order valence-corrected chi connectivity index (χ3v) is 3.53. The van der Waals surface area contributed by atoms with Gasteiger partial charge in [0.05, 0.1) is 12.5 Å². The number of H-pyrrole nitrogens is 1. The van der Waals surface area contributed by atoms with Crippen LogP contribution in [0.1, 0.15) is 5.82 Å². The van der Waals surface area contributed by atoms with E-state index < -0.39 is 0 Å². The van der Waals surface area contributed by atoms with Gasteiger partial charge in [-0.05, 0) is 7.05 Å². The number of amides is 1. The number of hydrogen-bond acceptors (Lipinski definition) is 4. The molecule has 2 heterocycles. The summed E-state index contributed by atoms with van der Waals surface area (Å²) in [5.74, 6) is 1.20. The van der Waals surface area contributed by atoms with Crippen LogP contribution in [0, 0.1) is 5.92 Å². The van der Waals surface area contributed by atoms with Crippen LogP contribution in [0.2, 0.25) is 0 Å². The maximum absolute atomic E-state index is 12.2. The summed E-state index contributed by atoms with van der Waals surface area (Å²) in [4.78, 5) is 25.8. The van der Waals surface area contributed by atoms with E-state index in [-0.39, 0.29) is 11.8 Å². The highest BCUT2D eigenvalue weighted by molar-refractivity contribution is 5.78. The topological polar surface area (TPSA) is 55.5 Å². The lowest BCUT2D eigenvalue weighted by atomic mass is 10.1. The molecule has 1 aliphatic rings. The molecule has 1 N–H and O–H groups in total. The lowest BCUT2D eigenvalue weighted by Crippen LogP contribution is -2.40. The Balaban J connectivity index is 2.02. The molecule has 1 aromatic rings.